The van der Waals surface area contributed by atoms with Crippen LogP contribution < -0.4 is 10.6 Å². The van der Waals surface area contributed by atoms with Gasteiger partial charge in [0.25, 0.3) is 0 Å². The van der Waals surface area contributed by atoms with E-state index in [9.17, 15) is 0 Å². The fourth-order valence-corrected chi connectivity index (χ4v) is 2.64. The molecule has 1 aromatic rings. The van der Waals surface area contributed by atoms with E-state index in [0.717, 1.165) is 22.8 Å². The van der Waals surface area contributed by atoms with Crippen molar-refractivity contribution in [1.29, 1.82) is 0 Å². The van der Waals surface area contributed by atoms with Crippen molar-refractivity contribution in [2.45, 2.75) is 26.4 Å². The van der Waals surface area contributed by atoms with Crippen LogP contribution in [0, 0.1) is 6.92 Å². The topological polar surface area (TPSA) is 47.1 Å². The highest BCUT2D eigenvalue weighted by Gasteiger charge is 2.19. The van der Waals surface area contributed by atoms with Gasteiger partial charge in [0.15, 0.2) is 0 Å². The molecule has 0 aromatic carbocycles. The lowest BCUT2D eigenvalue weighted by atomic mass is 10.2. The van der Waals surface area contributed by atoms with E-state index in [1.165, 1.54) is 0 Å². The Morgan fingerprint density at radius 1 is 1.56 bits per heavy atom. The van der Waals surface area contributed by atoms with Crippen LogP contribution in [0.2, 0.25) is 0 Å². The third-order valence-corrected chi connectivity index (χ3v) is 3.74. The Hall–Kier alpha value is -0.680. The lowest BCUT2D eigenvalue weighted by molar-refractivity contribution is 0.684. The van der Waals surface area contributed by atoms with E-state index < -0.39 is 0 Å². The molecule has 0 amide bonds. The zero-order valence-electron chi connectivity index (χ0n) is 10.8. The van der Waals surface area contributed by atoms with Crippen LogP contribution in [0.25, 0.3) is 0 Å². The summed E-state index contributed by atoms with van der Waals surface area (Å²) < 4.78 is 1.92. The summed E-state index contributed by atoms with van der Waals surface area (Å²) >= 11 is 1.86. The third kappa shape index (κ3) is 2.52. The minimum absolute atomic E-state index is 0.482. The molecular weight excluding hydrogens is 220 g/mol. The summed E-state index contributed by atoms with van der Waals surface area (Å²) in [6, 6.07) is 0.482. The first-order valence-electron chi connectivity index (χ1n) is 5.47. The van der Waals surface area contributed by atoms with Gasteiger partial charge in [-0.25, -0.2) is 0 Å². The lowest BCUT2D eigenvalue weighted by Crippen LogP contribution is -2.33. The van der Waals surface area contributed by atoms with E-state index in [0.29, 0.717) is 12.6 Å². The number of rotatable bonds is 5. The van der Waals surface area contributed by atoms with Gasteiger partial charge in [0, 0.05) is 38.0 Å². The van der Waals surface area contributed by atoms with Gasteiger partial charge >= 0.3 is 0 Å². The van der Waals surface area contributed by atoms with Crippen molar-refractivity contribution in [2.24, 2.45) is 12.8 Å². The molecule has 0 bridgehead atoms. The monoisotopic (exact) mass is 242 g/mol. The largest absolute Gasteiger partial charge is 0.356 e. The summed E-state index contributed by atoms with van der Waals surface area (Å²) in [7, 11) is 4.08. The first kappa shape index (κ1) is 13.4. The van der Waals surface area contributed by atoms with Crippen molar-refractivity contribution < 1.29 is 0 Å². The number of nitrogens with two attached hydrogens (primary N) is 1. The van der Waals surface area contributed by atoms with E-state index in [2.05, 4.69) is 30.2 Å². The maximum atomic E-state index is 5.79. The molecule has 1 atom stereocenters. The van der Waals surface area contributed by atoms with Crippen molar-refractivity contribution in [3.63, 3.8) is 0 Å². The number of aryl methyl sites for hydroxylation is 2. The molecule has 1 aromatic heterocycles. The molecule has 0 spiro atoms. The fourth-order valence-electron chi connectivity index (χ4n) is 1.93. The molecule has 0 aliphatic rings. The first-order chi connectivity index (χ1) is 7.52. The van der Waals surface area contributed by atoms with E-state index in [1.54, 1.807) is 0 Å². The first-order valence-corrected chi connectivity index (χ1v) is 6.86. The average molecular weight is 242 g/mol. The van der Waals surface area contributed by atoms with Gasteiger partial charge in [0.05, 0.1) is 5.69 Å². The Kier molecular flexibility index (Phi) is 4.68. The van der Waals surface area contributed by atoms with Crippen molar-refractivity contribution in [2.75, 3.05) is 24.0 Å². The normalized spacial score (nSPS) is 12.9. The van der Waals surface area contributed by atoms with Crippen LogP contribution in [0.5, 0.6) is 0 Å². The average Bonchev–Trinajstić information content (AvgIpc) is 2.52. The molecule has 0 saturated heterocycles. The van der Waals surface area contributed by atoms with Gasteiger partial charge in [0.1, 0.15) is 5.82 Å². The molecule has 2 N–H and O–H groups in total. The van der Waals surface area contributed by atoms with Crippen molar-refractivity contribution in [3.05, 3.63) is 11.3 Å². The van der Waals surface area contributed by atoms with E-state index in [-0.39, 0.29) is 0 Å². The zero-order chi connectivity index (χ0) is 12.3. The number of anilines is 1. The molecule has 5 heteroatoms. The van der Waals surface area contributed by atoms with Gasteiger partial charge in [0.2, 0.25) is 0 Å². The SMILES string of the molecule is CSCC(C)N(C)c1c(CN)c(C)nn1C. The van der Waals surface area contributed by atoms with Crippen molar-refractivity contribution in [3.8, 4) is 0 Å². The molecule has 92 valence electrons. The second-order valence-electron chi connectivity index (χ2n) is 4.13. The predicted octanol–water partition coefficient (Wildman–Crippen LogP) is 1.37. The van der Waals surface area contributed by atoms with E-state index in [1.807, 2.05) is 30.4 Å². The van der Waals surface area contributed by atoms with Crippen molar-refractivity contribution >= 4 is 17.6 Å². The summed E-state index contributed by atoms with van der Waals surface area (Å²) in [5.74, 6) is 2.24. The molecular formula is C11H22N4S. The van der Waals surface area contributed by atoms with Crippen LogP contribution in [0.15, 0.2) is 0 Å². The number of aromatic nitrogens is 2. The maximum Gasteiger partial charge on any atom is 0.131 e. The molecule has 0 aliphatic carbocycles. The standard InChI is InChI=1S/C11H22N4S/c1-8(7-16-5)14(3)11-10(6-12)9(2)13-15(11)4/h8H,6-7,12H2,1-5H3. The maximum absolute atomic E-state index is 5.79. The minimum atomic E-state index is 0.482. The Balaban J connectivity index is 3.02. The van der Waals surface area contributed by atoms with Gasteiger partial charge in [-0.15, -0.1) is 0 Å². The molecule has 0 fully saturated rings. The van der Waals surface area contributed by atoms with Gasteiger partial charge in [-0.05, 0) is 20.1 Å². The second kappa shape index (κ2) is 5.59. The molecule has 4 nitrogen and oxygen atoms in total. The third-order valence-electron chi connectivity index (χ3n) is 2.92. The van der Waals surface area contributed by atoms with E-state index >= 15 is 0 Å². The number of nitrogens with zero attached hydrogens (tertiary/aromatic N) is 3. The van der Waals surface area contributed by atoms with Crippen LogP contribution in [-0.4, -0.2) is 34.9 Å². The smallest absolute Gasteiger partial charge is 0.131 e. The Morgan fingerprint density at radius 2 is 2.19 bits per heavy atom. The summed E-state index contributed by atoms with van der Waals surface area (Å²) in [6.45, 7) is 4.78. The fraction of sp³-hybridized carbons (Fsp3) is 0.727. The molecule has 1 unspecified atom stereocenters. The van der Waals surface area contributed by atoms with Crippen molar-refractivity contribution in [1.82, 2.24) is 9.78 Å². The quantitative estimate of drug-likeness (QED) is 0.847. The summed E-state index contributed by atoms with van der Waals surface area (Å²) in [4.78, 5) is 2.26. The molecule has 1 heterocycles. The van der Waals surface area contributed by atoms with Crippen LogP contribution in [0.3, 0.4) is 0 Å². The molecule has 0 aliphatic heterocycles. The second-order valence-corrected chi connectivity index (χ2v) is 5.04. The van der Waals surface area contributed by atoms with Crippen LogP contribution in [0.4, 0.5) is 5.82 Å². The number of thioether (sulfide) groups is 1. The van der Waals surface area contributed by atoms with Gasteiger partial charge in [-0.2, -0.15) is 16.9 Å². The van der Waals surface area contributed by atoms with Gasteiger partial charge in [-0.3, -0.25) is 4.68 Å². The molecule has 16 heavy (non-hydrogen) atoms. The summed E-state index contributed by atoms with van der Waals surface area (Å²) in [5, 5.41) is 4.43. The van der Waals surface area contributed by atoms with E-state index in [4.69, 9.17) is 5.73 Å². The minimum Gasteiger partial charge on any atom is -0.356 e. The summed E-state index contributed by atoms with van der Waals surface area (Å²) in [5.41, 5.74) is 7.97. The highest BCUT2D eigenvalue weighted by atomic mass is 32.2. The Bertz CT molecular complexity index is 348. The predicted molar refractivity (Wildman–Crippen MR) is 72.1 cm³/mol. The molecule has 0 radical (unpaired) electrons. The lowest BCUT2D eigenvalue weighted by Gasteiger charge is -2.27. The van der Waals surface area contributed by atoms with Crippen LogP contribution >= 0.6 is 11.8 Å². The Labute approximate surface area is 102 Å². The number of hydrogen-bond acceptors (Lipinski definition) is 4. The van der Waals surface area contributed by atoms with Gasteiger partial charge in [-0.1, -0.05) is 0 Å². The molecule has 0 saturated carbocycles. The summed E-state index contributed by atoms with van der Waals surface area (Å²) in [6.07, 6.45) is 2.13. The molecule has 1 rings (SSSR count). The zero-order valence-corrected chi connectivity index (χ0v) is 11.6. The number of hydrogen-bond donors (Lipinski definition) is 1. The highest BCUT2D eigenvalue weighted by molar-refractivity contribution is 7.98. The van der Waals surface area contributed by atoms with Crippen LogP contribution in [-0.2, 0) is 13.6 Å². The van der Waals surface area contributed by atoms with Crippen LogP contribution in [0.1, 0.15) is 18.2 Å². The Morgan fingerprint density at radius 3 is 2.69 bits per heavy atom. The van der Waals surface area contributed by atoms with Gasteiger partial charge < -0.3 is 10.6 Å². The highest BCUT2D eigenvalue weighted by Crippen LogP contribution is 2.23.